The second kappa shape index (κ2) is 7.87. The number of nitrogens with zero attached hydrogens (tertiary/aromatic N) is 1. The molecule has 0 spiro atoms. The Morgan fingerprint density at radius 2 is 1.78 bits per heavy atom. The number of anilines is 1. The van der Waals surface area contributed by atoms with E-state index in [4.69, 9.17) is 17.5 Å². The number of amides is 1. The van der Waals surface area contributed by atoms with Gasteiger partial charge in [-0.1, -0.05) is 29.8 Å². The zero-order chi connectivity index (χ0) is 16.7. The Balaban J connectivity index is 1.87. The lowest BCUT2D eigenvalue weighted by Gasteiger charge is -2.07. The fourth-order valence-corrected chi connectivity index (χ4v) is 2.01. The minimum atomic E-state index is -0.309. The molecular weight excluding hydrogens is 306 g/mol. The van der Waals surface area contributed by atoms with Crippen molar-refractivity contribution in [2.45, 2.75) is 6.92 Å². The lowest BCUT2D eigenvalue weighted by Crippen LogP contribution is -2.32. The molecule has 0 bridgehead atoms. The fraction of sp³-hybridized carbons (Fsp3) is 0.0556. The largest absolute Gasteiger partial charge is 0.332 e. The van der Waals surface area contributed by atoms with Crippen molar-refractivity contribution in [1.29, 1.82) is 5.26 Å². The van der Waals surface area contributed by atoms with Crippen LogP contribution >= 0.6 is 12.2 Å². The maximum atomic E-state index is 11.8. The highest BCUT2D eigenvalue weighted by Gasteiger charge is 2.01. The Morgan fingerprint density at radius 1 is 1.13 bits per heavy atom. The van der Waals surface area contributed by atoms with Crippen molar-refractivity contribution in [1.82, 2.24) is 5.32 Å². The number of carbonyl (C=O) groups excluding carboxylic acids is 1. The van der Waals surface area contributed by atoms with Gasteiger partial charge in [0.05, 0.1) is 11.6 Å². The van der Waals surface area contributed by atoms with E-state index in [0.717, 1.165) is 5.56 Å². The molecule has 0 aromatic heterocycles. The summed E-state index contributed by atoms with van der Waals surface area (Å²) in [4.78, 5) is 11.8. The Bertz CT molecular complexity index is 771. The van der Waals surface area contributed by atoms with Gasteiger partial charge < -0.3 is 5.32 Å². The number of aryl methyl sites for hydroxylation is 1. The topological polar surface area (TPSA) is 64.9 Å². The van der Waals surface area contributed by atoms with E-state index in [1.165, 1.54) is 11.6 Å². The van der Waals surface area contributed by atoms with E-state index in [1.54, 1.807) is 30.3 Å². The Kier molecular flexibility index (Phi) is 5.61. The Hall–Kier alpha value is -2.97. The van der Waals surface area contributed by atoms with Crippen molar-refractivity contribution in [2.24, 2.45) is 0 Å². The van der Waals surface area contributed by atoms with Crippen LogP contribution in [0.5, 0.6) is 0 Å². The molecule has 2 aromatic carbocycles. The summed E-state index contributed by atoms with van der Waals surface area (Å²) in [6, 6.07) is 16.7. The molecule has 114 valence electrons. The van der Waals surface area contributed by atoms with Crippen LogP contribution in [0.15, 0.2) is 54.6 Å². The van der Waals surface area contributed by atoms with E-state index < -0.39 is 0 Å². The van der Waals surface area contributed by atoms with Crippen molar-refractivity contribution in [3.8, 4) is 6.07 Å². The third-order valence-corrected chi connectivity index (χ3v) is 3.22. The number of rotatable bonds is 3. The molecule has 2 rings (SSSR count). The molecule has 0 heterocycles. The molecule has 0 aliphatic carbocycles. The van der Waals surface area contributed by atoms with Crippen molar-refractivity contribution in [2.75, 3.05) is 5.32 Å². The van der Waals surface area contributed by atoms with Crippen LogP contribution in [-0.2, 0) is 4.79 Å². The van der Waals surface area contributed by atoms with Gasteiger partial charge in [0.2, 0.25) is 5.91 Å². The van der Waals surface area contributed by atoms with Crippen molar-refractivity contribution < 1.29 is 4.79 Å². The maximum absolute atomic E-state index is 11.8. The highest BCUT2D eigenvalue weighted by Crippen LogP contribution is 2.08. The van der Waals surface area contributed by atoms with Crippen LogP contribution < -0.4 is 10.6 Å². The summed E-state index contributed by atoms with van der Waals surface area (Å²) in [5.41, 5.74) is 3.37. The standard InChI is InChI=1S/C18H15N3OS/c1-13-2-4-14(5-3-13)8-11-17(22)21-18(23)20-16-9-6-15(12-19)7-10-16/h2-11H,1H3,(H2,20,21,22,23). The van der Waals surface area contributed by atoms with Crippen molar-refractivity contribution in [3.63, 3.8) is 0 Å². The molecule has 0 atom stereocenters. The molecule has 4 nitrogen and oxygen atoms in total. The van der Waals surface area contributed by atoms with Gasteiger partial charge in [-0.05, 0) is 55.0 Å². The molecule has 0 radical (unpaired) electrons. The van der Waals surface area contributed by atoms with E-state index in [-0.39, 0.29) is 11.0 Å². The maximum Gasteiger partial charge on any atom is 0.250 e. The molecule has 0 fully saturated rings. The fourth-order valence-electron chi connectivity index (χ4n) is 1.79. The summed E-state index contributed by atoms with van der Waals surface area (Å²) in [7, 11) is 0. The summed E-state index contributed by atoms with van der Waals surface area (Å²) < 4.78 is 0. The van der Waals surface area contributed by atoms with Crippen LogP contribution in [0.2, 0.25) is 0 Å². The first-order valence-corrected chi connectivity index (χ1v) is 7.34. The SMILES string of the molecule is Cc1ccc(C=CC(=O)NC(=S)Nc2ccc(C#N)cc2)cc1. The van der Waals surface area contributed by atoms with Crippen LogP contribution in [0.4, 0.5) is 5.69 Å². The Labute approximate surface area is 140 Å². The monoisotopic (exact) mass is 321 g/mol. The van der Waals surface area contributed by atoms with E-state index in [1.807, 2.05) is 37.3 Å². The Morgan fingerprint density at radius 3 is 2.39 bits per heavy atom. The van der Waals surface area contributed by atoms with Crippen LogP contribution in [0.1, 0.15) is 16.7 Å². The zero-order valence-electron chi connectivity index (χ0n) is 12.5. The first-order chi connectivity index (χ1) is 11.1. The van der Waals surface area contributed by atoms with Gasteiger partial charge in [0.15, 0.2) is 5.11 Å². The average molecular weight is 321 g/mol. The summed E-state index contributed by atoms with van der Waals surface area (Å²) in [5.74, 6) is -0.309. The predicted octanol–water partition coefficient (Wildman–Crippen LogP) is 3.39. The molecular formula is C18H15N3OS. The molecule has 2 N–H and O–H groups in total. The second-order valence-corrected chi connectivity index (χ2v) is 5.28. The van der Waals surface area contributed by atoms with Crippen LogP contribution in [0.3, 0.4) is 0 Å². The smallest absolute Gasteiger partial charge is 0.250 e. The summed E-state index contributed by atoms with van der Waals surface area (Å²) in [6.45, 7) is 2.01. The highest BCUT2D eigenvalue weighted by molar-refractivity contribution is 7.80. The molecule has 0 unspecified atom stereocenters. The number of hydrogen-bond donors (Lipinski definition) is 2. The van der Waals surface area contributed by atoms with Crippen molar-refractivity contribution in [3.05, 3.63) is 71.3 Å². The van der Waals surface area contributed by atoms with Gasteiger partial charge in [-0.25, -0.2) is 0 Å². The predicted molar refractivity (Wildman–Crippen MR) is 95.7 cm³/mol. The van der Waals surface area contributed by atoms with Crippen LogP contribution in [0, 0.1) is 18.3 Å². The molecule has 23 heavy (non-hydrogen) atoms. The number of nitrogens with one attached hydrogen (secondary N) is 2. The van der Waals surface area contributed by atoms with E-state index in [2.05, 4.69) is 10.6 Å². The number of benzene rings is 2. The minimum absolute atomic E-state index is 0.202. The van der Waals surface area contributed by atoms with Gasteiger partial charge in [-0.3, -0.25) is 10.1 Å². The van der Waals surface area contributed by atoms with Gasteiger partial charge in [-0.2, -0.15) is 5.26 Å². The number of thiocarbonyl (C=S) groups is 1. The first-order valence-electron chi connectivity index (χ1n) is 6.94. The normalized spacial score (nSPS) is 10.1. The molecule has 0 aliphatic rings. The zero-order valence-corrected chi connectivity index (χ0v) is 13.4. The summed E-state index contributed by atoms with van der Waals surface area (Å²) >= 11 is 5.08. The summed E-state index contributed by atoms with van der Waals surface area (Å²) in [5, 5.41) is 14.4. The number of hydrogen-bond acceptors (Lipinski definition) is 3. The van der Waals surface area contributed by atoms with E-state index >= 15 is 0 Å². The first kappa shape index (κ1) is 16.4. The van der Waals surface area contributed by atoms with Crippen molar-refractivity contribution >= 4 is 35.0 Å². The average Bonchev–Trinajstić information content (AvgIpc) is 2.55. The molecule has 1 amide bonds. The molecule has 5 heteroatoms. The second-order valence-electron chi connectivity index (χ2n) is 4.88. The lowest BCUT2D eigenvalue weighted by molar-refractivity contribution is -0.115. The van der Waals surface area contributed by atoms with Gasteiger partial charge in [0.1, 0.15) is 0 Å². The lowest BCUT2D eigenvalue weighted by atomic mass is 10.1. The van der Waals surface area contributed by atoms with Gasteiger partial charge >= 0.3 is 0 Å². The van der Waals surface area contributed by atoms with E-state index in [0.29, 0.717) is 11.3 Å². The minimum Gasteiger partial charge on any atom is -0.332 e. The number of carbonyl (C=O) groups is 1. The van der Waals surface area contributed by atoms with Gasteiger partial charge in [-0.15, -0.1) is 0 Å². The molecule has 0 saturated carbocycles. The van der Waals surface area contributed by atoms with Crippen LogP contribution in [-0.4, -0.2) is 11.0 Å². The quantitative estimate of drug-likeness (QED) is 0.672. The summed E-state index contributed by atoms with van der Waals surface area (Å²) in [6.07, 6.45) is 3.15. The van der Waals surface area contributed by atoms with Crippen LogP contribution in [0.25, 0.3) is 6.08 Å². The molecule has 2 aromatic rings. The highest BCUT2D eigenvalue weighted by atomic mass is 32.1. The molecule has 0 saturated heterocycles. The van der Waals surface area contributed by atoms with Gasteiger partial charge in [0, 0.05) is 11.8 Å². The molecule has 0 aliphatic heterocycles. The van der Waals surface area contributed by atoms with Gasteiger partial charge in [0.25, 0.3) is 0 Å². The van der Waals surface area contributed by atoms with E-state index in [9.17, 15) is 4.79 Å². The third-order valence-electron chi connectivity index (χ3n) is 3.01. The third kappa shape index (κ3) is 5.38. The number of nitriles is 1.